The molecule has 0 unspecified atom stereocenters. The summed E-state index contributed by atoms with van der Waals surface area (Å²) in [6, 6.07) is 15.3. The third kappa shape index (κ3) is 2.70. The van der Waals surface area contributed by atoms with E-state index in [-0.39, 0.29) is 9.92 Å². The highest BCUT2D eigenvalue weighted by molar-refractivity contribution is 7.91. The minimum atomic E-state index is -3.69. The second-order valence-electron chi connectivity index (χ2n) is 4.91. The Hall–Kier alpha value is -2.67. The first kappa shape index (κ1) is 15.2. The number of rotatable bonds is 4. The van der Waals surface area contributed by atoms with Crippen LogP contribution in [0.3, 0.4) is 0 Å². The summed E-state index contributed by atoms with van der Waals surface area (Å²) in [6.45, 7) is 1.68. The Balaban J connectivity index is 2.05. The van der Waals surface area contributed by atoms with Crippen LogP contribution in [0.25, 0.3) is 5.69 Å². The van der Waals surface area contributed by atoms with Crippen molar-refractivity contribution in [2.75, 3.05) is 7.11 Å². The molecule has 3 rings (SSSR count). The zero-order chi connectivity index (χ0) is 16.4. The van der Waals surface area contributed by atoms with E-state index in [1.54, 1.807) is 68.6 Å². The van der Waals surface area contributed by atoms with E-state index in [4.69, 9.17) is 4.74 Å². The van der Waals surface area contributed by atoms with E-state index in [9.17, 15) is 8.42 Å². The monoisotopic (exact) mass is 329 g/mol. The molecule has 3 aromatic rings. The molecule has 118 valence electrons. The van der Waals surface area contributed by atoms with Gasteiger partial charge in [0.2, 0.25) is 14.9 Å². The van der Waals surface area contributed by atoms with Gasteiger partial charge in [0.15, 0.2) is 0 Å². The highest BCUT2D eigenvalue weighted by atomic mass is 32.2. The lowest BCUT2D eigenvalue weighted by Crippen LogP contribution is -2.05. The number of hydrogen-bond donors (Lipinski definition) is 0. The summed E-state index contributed by atoms with van der Waals surface area (Å²) >= 11 is 0. The standard InChI is InChI=1S/C16H15N3O3S/c1-12-16(23(20,21)15-6-4-3-5-7-15)17-18-19(12)13-8-10-14(22-2)11-9-13/h3-11H,1-2H3. The lowest BCUT2D eigenvalue weighted by Gasteiger charge is -2.06. The fourth-order valence-corrected chi connectivity index (χ4v) is 3.60. The molecule has 0 fully saturated rings. The summed E-state index contributed by atoms with van der Waals surface area (Å²) in [7, 11) is -2.11. The molecule has 7 heteroatoms. The molecule has 0 N–H and O–H groups in total. The summed E-state index contributed by atoms with van der Waals surface area (Å²) in [5, 5.41) is 7.81. The van der Waals surface area contributed by atoms with Crippen molar-refractivity contribution in [1.82, 2.24) is 15.0 Å². The number of ether oxygens (including phenoxy) is 1. The molecule has 0 atom stereocenters. The van der Waals surface area contributed by atoms with Crippen molar-refractivity contribution < 1.29 is 13.2 Å². The SMILES string of the molecule is COc1ccc(-n2nnc(S(=O)(=O)c3ccccc3)c2C)cc1. The summed E-state index contributed by atoms with van der Waals surface area (Å²) in [6.07, 6.45) is 0. The van der Waals surface area contributed by atoms with E-state index in [0.29, 0.717) is 17.1 Å². The van der Waals surface area contributed by atoms with Gasteiger partial charge in [0.1, 0.15) is 5.75 Å². The number of nitrogens with zero attached hydrogens (tertiary/aromatic N) is 3. The third-order valence-electron chi connectivity index (χ3n) is 3.48. The van der Waals surface area contributed by atoms with Gasteiger partial charge in [-0.3, -0.25) is 0 Å². The van der Waals surface area contributed by atoms with E-state index in [1.807, 2.05) is 0 Å². The second-order valence-corrected chi connectivity index (χ2v) is 6.77. The van der Waals surface area contributed by atoms with Crippen LogP contribution in [-0.2, 0) is 9.84 Å². The van der Waals surface area contributed by atoms with E-state index >= 15 is 0 Å². The van der Waals surface area contributed by atoms with Crippen molar-refractivity contribution in [3.05, 3.63) is 60.3 Å². The van der Waals surface area contributed by atoms with Gasteiger partial charge in [0.05, 0.1) is 23.4 Å². The minimum absolute atomic E-state index is 0.0421. The van der Waals surface area contributed by atoms with Crippen molar-refractivity contribution in [1.29, 1.82) is 0 Å². The molecule has 0 amide bonds. The van der Waals surface area contributed by atoms with Crippen LogP contribution in [0.4, 0.5) is 0 Å². The fraction of sp³-hybridized carbons (Fsp3) is 0.125. The number of sulfone groups is 1. The number of hydrogen-bond acceptors (Lipinski definition) is 5. The van der Waals surface area contributed by atoms with Gasteiger partial charge in [-0.15, -0.1) is 5.10 Å². The Morgan fingerprint density at radius 1 is 1.00 bits per heavy atom. The number of methoxy groups -OCH3 is 1. The highest BCUT2D eigenvalue weighted by Gasteiger charge is 2.25. The van der Waals surface area contributed by atoms with Gasteiger partial charge in [-0.25, -0.2) is 13.1 Å². The zero-order valence-electron chi connectivity index (χ0n) is 12.7. The number of benzene rings is 2. The van der Waals surface area contributed by atoms with E-state index in [1.165, 1.54) is 4.68 Å². The molecule has 0 saturated heterocycles. The lowest BCUT2D eigenvalue weighted by atomic mass is 10.3. The minimum Gasteiger partial charge on any atom is -0.497 e. The molecule has 2 aromatic carbocycles. The predicted molar refractivity (Wildman–Crippen MR) is 84.5 cm³/mol. The summed E-state index contributed by atoms with van der Waals surface area (Å²) < 4.78 is 31.9. The average molecular weight is 329 g/mol. The highest BCUT2D eigenvalue weighted by Crippen LogP contribution is 2.23. The molecule has 0 bridgehead atoms. The van der Waals surface area contributed by atoms with Crippen LogP contribution in [-0.4, -0.2) is 30.5 Å². The van der Waals surface area contributed by atoms with Crippen LogP contribution in [0.15, 0.2) is 64.5 Å². The van der Waals surface area contributed by atoms with Crippen molar-refractivity contribution >= 4 is 9.84 Å². The third-order valence-corrected chi connectivity index (χ3v) is 5.26. The molecule has 0 aliphatic rings. The van der Waals surface area contributed by atoms with Crippen molar-refractivity contribution in [2.24, 2.45) is 0 Å². The predicted octanol–water partition coefficient (Wildman–Crippen LogP) is 2.42. The maximum atomic E-state index is 12.7. The normalized spacial score (nSPS) is 11.4. The molecule has 0 radical (unpaired) electrons. The van der Waals surface area contributed by atoms with E-state index in [2.05, 4.69) is 10.3 Å². The maximum absolute atomic E-state index is 12.7. The van der Waals surface area contributed by atoms with Crippen LogP contribution in [0.5, 0.6) is 5.75 Å². The Labute approximate surface area is 134 Å². The first-order chi connectivity index (χ1) is 11.0. The largest absolute Gasteiger partial charge is 0.497 e. The van der Waals surface area contributed by atoms with Crippen LogP contribution in [0.1, 0.15) is 5.69 Å². The second kappa shape index (κ2) is 5.85. The van der Waals surface area contributed by atoms with Crippen molar-refractivity contribution in [3.8, 4) is 11.4 Å². The Morgan fingerprint density at radius 2 is 1.65 bits per heavy atom. The number of aromatic nitrogens is 3. The van der Waals surface area contributed by atoms with Gasteiger partial charge in [-0.1, -0.05) is 23.4 Å². The lowest BCUT2D eigenvalue weighted by molar-refractivity contribution is 0.414. The van der Waals surface area contributed by atoms with Gasteiger partial charge in [-0.05, 0) is 43.3 Å². The average Bonchev–Trinajstić information content (AvgIpc) is 2.98. The molecule has 0 aliphatic heterocycles. The molecule has 1 aromatic heterocycles. The smallest absolute Gasteiger partial charge is 0.227 e. The van der Waals surface area contributed by atoms with Gasteiger partial charge in [0.25, 0.3) is 0 Å². The summed E-state index contributed by atoms with van der Waals surface area (Å²) in [4.78, 5) is 0.199. The zero-order valence-corrected chi connectivity index (χ0v) is 13.5. The van der Waals surface area contributed by atoms with Crippen LogP contribution in [0.2, 0.25) is 0 Å². The first-order valence-corrected chi connectivity index (χ1v) is 8.39. The molecule has 23 heavy (non-hydrogen) atoms. The summed E-state index contributed by atoms with van der Waals surface area (Å²) in [5.41, 5.74) is 1.17. The Bertz CT molecular complexity index is 917. The van der Waals surface area contributed by atoms with Crippen molar-refractivity contribution in [2.45, 2.75) is 16.8 Å². The van der Waals surface area contributed by atoms with Gasteiger partial charge >= 0.3 is 0 Å². The molecule has 0 saturated carbocycles. The topological polar surface area (TPSA) is 74.1 Å². The molecule has 0 spiro atoms. The van der Waals surface area contributed by atoms with Crippen LogP contribution >= 0.6 is 0 Å². The molecular weight excluding hydrogens is 314 g/mol. The maximum Gasteiger partial charge on any atom is 0.227 e. The quantitative estimate of drug-likeness (QED) is 0.735. The van der Waals surface area contributed by atoms with E-state index < -0.39 is 9.84 Å². The van der Waals surface area contributed by atoms with E-state index in [0.717, 1.165) is 0 Å². The van der Waals surface area contributed by atoms with Crippen LogP contribution in [0, 0.1) is 6.92 Å². The Kier molecular flexibility index (Phi) is 3.87. The molecular formula is C16H15N3O3S. The molecule has 0 aliphatic carbocycles. The molecule has 6 nitrogen and oxygen atoms in total. The summed E-state index contributed by atoms with van der Waals surface area (Å²) in [5.74, 6) is 0.712. The Morgan fingerprint density at radius 3 is 2.26 bits per heavy atom. The first-order valence-electron chi connectivity index (χ1n) is 6.91. The van der Waals surface area contributed by atoms with Gasteiger partial charge in [-0.2, -0.15) is 0 Å². The van der Waals surface area contributed by atoms with Crippen LogP contribution < -0.4 is 4.74 Å². The van der Waals surface area contributed by atoms with Gasteiger partial charge < -0.3 is 4.74 Å². The van der Waals surface area contributed by atoms with Gasteiger partial charge in [0, 0.05) is 0 Å². The molecule has 1 heterocycles. The van der Waals surface area contributed by atoms with Crippen molar-refractivity contribution in [3.63, 3.8) is 0 Å². The fourth-order valence-electron chi connectivity index (χ4n) is 2.24.